The lowest BCUT2D eigenvalue weighted by molar-refractivity contribution is 0.234. The Kier molecular flexibility index (Phi) is 4.50. The van der Waals surface area contributed by atoms with Crippen LogP contribution in [0.1, 0.15) is 44.6 Å². The van der Waals surface area contributed by atoms with Gasteiger partial charge < -0.3 is 4.74 Å². The highest BCUT2D eigenvalue weighted by Gasteiger charge is 2.43. The van der Waals surface area contributed by atoms with Crippen LogP contribution in [0, 0.1) is 16.7 Å². The van der Waals surface area contributed by atoms with Gasteiger partial charge in [-0.2, -0.15) is 5.26 Å². The Balaban J connectivity index is 2.22. The Labute approximate surface area is 130 Å². The fourth-order valence-corrected chi connectivity index (χ4v) is 2.99. The normalized spacial score (nSPS) is 16.5. The maximum Gasteiger partial charge on any atom is 0.261 e. The maximum absolute atomic E-state index is 11.4. The summed E-state index contributed by atoms with van der Waals surface area (Å²) in [5, 5.41) is 8.82. The highest BCUT2D eigenvalue weighted by atomic mass is 35.7. The smallest absolute Gasteiger partial charge is 0.261 e. The fourth-order valence-electron chi connectivity index (χ4n) is 2.21. The lowest BCUT2D eigenvalue weighted by Gasteiger charge is -2.18. The number of hydrogen-bond donors (Lipinski definition) is 0. The van der Waals surface area contributed by atoms with Gasteiger partial charge in [0, 0.05) is 22.5 Å². The molecule has 0 atom stereocenters. The Bertz CT molecular complexity index is 673. The van der Waals surface area contributed by atoms with Crippen LogP contribution in [0.15, 0.2) is 23.1 Å². The Morgan fingerprint density at radius 3 is 2.57 bits per heavy atom. The highest BCUT2D eigenvalue weighted by Crippen LogP contribution is 2.49. The van der Waals surface area contributed by atoms with Gasteiger partial charge in [-0.15, -0.1) is 0 Å². The van der Waals surface area contributed by atoms with Crippen molar-refractivity contribution in [2.24, 2.45) is 5.41 Å². The van der Waals surface area contributed by atoms with Crippen LogP contribution in [0.25, 0.3) is 0 Å². The molecule has 0 radical (unpaired) electrons. The number of rotatable bonds is 6. The molecule has 0 spiro atoms. The zero-order valence-corrected chi connectivity index (χ0v) is 13.7. The highest BCUT2D eigenvalue weighted by molar-refractivity contribution is 8.13. The lowest BCUT2D eigenvalue weighted by atomic mass is 10.0. The van der Waals surface area contributed by atoms with E-state index in [1.807, 2.05) is 13.8 Å². The molecule has 0 aliphatic heterocycles. The zero-order valence-electron chi connectivity index (χ0n) is 12.1. The summed E-state index contributed by atoms with van der Waals surface area (Å²) in [6.07, 6.45) is 2.51. The molecule has 0 amide bonds. The van der Waals surface area contributed by atoms with Gasteiger partial charge in [-0.05, 0) is 42.5 Å². The second-order valence-corrected chi connectivity index (χ2v) is 8.48. The van der Waals surface area contributed by atoms with Crippen molar-refractivity contribution in [3.8, 4) is 11.8 Å². The third-order valence-electron chi connectivity index (χ3n) is 3.83. The van der Waals surface area contributed by atoms with Crippen molar-refractivity contribution in [2.75, 3.05) is 6.61 Å². The summed E-state index contributed by atoms with van der Waals surface area (Å²) in [5.41, 5.74) is 0.796. The second kappa shape index (κ2) is 5.86. The zero-order chi connectivity index (χ0) is 15.7. The number of hydrogen-bond acceptors (Lipinski definition) is 4. The van der Waals surface area contributed by atoms with E-state index in [1.54, 1.807) is 12.1 Å². The molecule has 1 aromatic carbocycles. The van der Waals surface area contributed by atoms with E-state index in [1.165, 1.54) is 6.07 Å². The SMILES string of the molecule is CC(C)c1cc(S(=O)(=O)Cl)ccc1OCC1(CC#N)CC1. The molecule has 114 valence electrons. The van der Waals surface area contributed by atoms with Crippen molar-refractivity contribution in [2.45, 2.75) is 43.9 Å². The third kappa shape index (κ3) is 3.90. The van der Waals surface area contributed by atoms with Crippen LogP contribution >= 0.6 is 10.7 Å². The van der Waals surface area contributed by atoms with Crippen molar-refractivity contribution >= 4 is 19.7 Å². The standard InChI is InChI=1S/C15H18ClNO3S/c1-11(2)13-9-12(21(16,18)19)3-4-14(13)20-10-15(5-6-15)7-8-17/h3-4,9,11H,5-7,10H2,1-2H3. The molecule has 1 aliphatic carbocycles. The van der Waals surface area contributed by atoms with Gasteiger partial charge >= 0.3 is 0 Å². The van der Waals surface area contributed by atoms with Gasteiger partial charge in [0.05, 0.1) is 17.6 Å². The van der Waals surface area contributed by atoms with Gasteiger partial charge in [-0.25, -0.2) is 8.42 Å². The molecule has 4 nitrogen and oxygen atoms in total. The molecule has 0 bridgehead atoms. The predicted octanol–water partition coefficient (Wildman–Crippen LogP) is 3.81. The molecule has 0 aromatic heterocycles. The van der Waals surface area contributed by atoms with Crippen molar-refractivity contribution in [1.29, 1.82) is 5.26 Å². The van der Waals surface area contributed by atoms with Crippen LogP contribution in [-0.2, 0) is 9.05 Å². The van der Waals surface area contributed by atoms with Crippen LogP contribution in [0.4, 0.5) is 0 Å². The van der Waals surface area contributed by atoms with E-state index in [2.05, 4.69) is 6.07 Å². The average Bonchev–Trinajstić information content (AvgIpc) is 3.15. The Morgan fingerprint density at radius 2 is 2.10 bits per heavy atom. The van der Waals surface area contributed by atoms with E-state index in [0.29, 0.717) is 18.8 Å². The summed E-state index contributed by atoms with van der Waals surface area (Å²) in [7, 11) is 1.64. The summed E-state index contributed by atoms with van der Waals surface area (Å²) < 4.78 is 28.7. The first-order valence-corrected chi connectivity index (χ1v) is 9.17. The monoisotopic (exact) mass is 327 g/mol. The number of nitrogens with zero attached hydrogens (tertiary/aromatic N) is 1. The second-order valence-electron chi connectivity index (χ2n) is 5.92. The number of benzene rings is 1. The molecule has 1 fully saturated rings. The molecular formula is C15H18ClNO3S. The Hall–Kier alpha value is -1.25. The molecule has 0 unspecified atom stereocenters. The average molecular weight is 328 g/mol. The van der Waals surface area contributed by atoms with E-state index in [0.717, 1.165) is 18.4 Å². The van der Waals surface area contributed by atoms with Gasteiger partial charge in [0.1, 0.15) is 5.75 Å². The predicted molar refractivity (Wildman–Crippen MR) is 81.0 cm³/mol. The molecule has 21 heavy (non-hydrogen) atoms. The molecule has 6 heteroatoms. The minimum Gasteiger partial charge on any atom is -0.493 e. The summed E-state index contributed by atoms with van der Waals surface area (Å²) in [4.78, 5) is 0.0818. The van der Waals surface area contributed by atoms with Crippen LogP contribution in [0.2, 0.25) is 0 Å². The van der Waals surface area contributed by atoms with E-state index in [-0.39, 0.29) is 16.2 Å². The van der Waals surface area contributed by atoms with E-state index in [9.17, 15) is 8.42 Å². The minimum absolute atomic E-state index is 0.0137. The van der Waals surface area contributed by atoms with Crippen molar-refractivity contribution in [1.82, 2.24) is 0 Å². The summed E-state index contributed by atoms with van der Waals surface area (Å²) in [5.74, 6) is 0.780. The van der Waals surface area contributed by atoms with Crippen LogP contribution in [0.5, 0.6) is 5.75 Å². The lowest BCUT2D eigenvalue weighted by Crippen LogP contribution is -2.13. The molecule has 0 heterocycles. The van der Waals surface area contributed by atoms with Crippen molar-refractivity contribution in [3.63, 3.8) is 0 Å². The van der Waals surface area contributed by atoms with E-state index < -0.39 is 9.05 Å². The van der Waals surface area contributed by atoms with Crippen LogP contribution in [0.3, 0.4) is 0 Å². The summed E-state index contributed by atoms with van der Waals surface area (Å²) in [6, 6.07) is 6.86. The summed E-state index contributed by atoms with van der Waals surface area (Å²) in [6.45, 7) is 4.43. The van der Waals surface area contributed by atoms with E-state index >= 15 is 0 Å². The molecule has 0 N–H and O–H groups in total. The molecular weight excluding hydrogens is 310 g/mol. The van der Waals surface area contributed by atoms with Gasteiger partial charge in [0.25, 0.3) is 9.05 Å². The Morgan fingerprint density at radius 1 is 1.43 bits per heavy atom. The number of ether oxygens (including phenoxy) is 1. The molecule has 1 aromatic rings. The van der Waals surface area contributed by atoms with Crippen LogP contribution < -0.4 is 4.74 Å². The molecule has 0 saturated heterocycles. The topological polar surface area (TPSA) is 67.2 Å². The first-order chi connectivity index (χ1) is 9.77. The largest absolute Gasteiger partial charge is 0.493 e. The third-order valence-corrected chi connectivity index (χ3v) is 5.18. The van der Waals surface area contributed by atoms with Crippen molar-refractivity contribution < 1.29 is 13.2 Å². The minimum atomic E-state index is -3.74. The van der Waals surface area contributed by atoms with Crippen molar-refractivity contribution in [3.05, 3.63) is 23.8 Å². The quantitative estimate of drug-likeness (QED) is 0.745. The van der Waals surface area contributed by atoms with Gasteiger partial charge in [-0.1, -0.05) is 13.8 Å². The number of nitriles is 1. The molecule has 1 aliphatic rings. The fraction of sp³-hybridized carbons (Fsp3) is 0.533. The van der Waals surface area contributed by atoms with Gasteiger partial charge in [0.2, 0.25) is 0 Å². The van der Waals surface area contributed by atoms with Gasteiger partial charge in [-0.3, -0.25) is 0 Å². The molecule has 2 rings (SSSR count). The first-order valence-electron chi connectivity index (χ1n) is 6.86. The summed E-state index contributed by atoms with van der Waals surface area (Å²) >= 11 is 0. The maximum atomic E-state index is 11.4. The van der Waals surface area contributed by atoms with Crippen LogP contribution in [-0.4, -0.2) is 15.0 Å². The first kappa shape index (κ1) is 16.1. The molecule has 1 saturated carbocycles. The van der Waals surface area contributed by atoms with Gasteiger partial charge in [0.15, 0.2) is 0 Å². The van der Waals surface area contributed by atoms with E-state index in [4.69, 9.17) is 20.7 Å². The number of halogens is 1.